The van der Waals surface area contributed by atoms with Crippen molar-refractivity contribution in [3.05, 3.63) is 58.2 Å². The normalized spacial score (nSPS) is 16.1. The zero-order valence-electron chi connectivity index (χ0n) is 17.5. The number of carbonyl (C=O) groups excluding carboxylic acids is 1. The highest BCUT2D eigenvalue weighted by atomic mass is 35.5. The summed E-state index contributed by atoms with van der Waals surface area (Å²) in [7, 11) is 0. The van der Waals surface area contributed by atoms with Gasteiger partial charge in [-0.3, -0.25) is 4.79 Å². The molecule has 3 rings (SSSR count). The molecule has 2 N–H and O–H groups in total. The number of pyridine rings is 1. The minimum absolute atomic E-state index is 0.00576. The summed E-state index contributed by atoms with van der Waals surface area (Å²) in [4.78, 5) is 25.7. The number of nitrogens with zero attached hydrogens (tertiary/aromatic N) is 3. The van der Waals surface area contributed by atoms with Crippen molar-refractivity contribution in [3.8, 4) is 0 Å². The Morgan fingerprint density at radius 1 is 1.20 bits per heavy atom. The zero-order chi connectivity index (χ0) is 25.6. The molecular formula is C20H16ClF6N5O3. The lowest BCUT2D eigenvalue weighted by Crippen LogP contribution is -2.31. The van der Waals surface area contributed by atoms with Gasteiger partial charge in [-0.15, -0.1) is 0 Å². The molecule has 1 aliphatic rings. The Morgan fingerprint density at radius 3 is 2.63 bits per heavy atom. The standard InChI is InChI=1S/C20H16ClF6N5O3/c21-15-5-13(20(25,26)27)7-28-17(15)29-8-14-6-16(32-35-14)18(33)30-10-31-34-9-11-2-1-3-12(4-11)19(22,23)24/h1-5,7,10,14H,6,8-9H2,(H,28,29)(H,30,31,33)/t14-/m1/s1. The number of nitrogens with one attached hydrogen (secondary N) is 2. The molecule has 1 aromatic carbocycles. The molecule has 1 atom stereocenters. The van der Waals surface area contributed by atoms with Crippen molar-refractivity contribution < 1.29 is 40.8 Å². The Morgan fingerprint density at radius 2 is 1.94 bits per heavy atom. The molecule has 0 aliphatic carbocycles. The third kappa shape index (κ3) is 7.47. The van der Waals surface area contributed by atoms with E-state index in [1.807, 2.05) is 0 Å². The summed E-state index contributed by atoms with van der Waals surface area (Å²) < 4.78 is 76.1. The number of carbonyl (C=O) groups is 1. The maximum absolute atomic E-state index is 12.7. The summed E-state index contributed by atoms with van der Waals surface area (Å²) in [5.41, 5.74) is -1.58. The highest BCUT2D eigenvalue weighted by molar-refractivity contribution is 6.40. The maximum atomic E-state index is 12.7. The molecule has 1 aromatic heterocycles. The van der Waals surface area contributed by atoms with Crippen LogP contribution in [0.15, 0.2) is 46.8 Å². The fourth-order valence-corrected chi connectivity index (χ4v) is 2.99. The highest BCUT2D eigenvalue weighted by Crippen LogP contribution is 2.32. The number of benzene rings is 1. The van der Waals surface area contributed by atoms with Gasteiger partial charge in [0.25, 0.3) is 5.91 Å². The van der Waals surface area contributed by atoms with Gasteiger partial charge >= 0.3 is 12.4 Å². The predicted octanol–water partition coefficient (Wildman–Crippen LogP) is 4.61. The molecule has 35 heavy (non-hydrogen) atoms. The number of aromatic nitrogens is 1. The summed E-state index contributed by atoms with van der Waals surface area (Å²) in [5, 5.41) is 11.8. The van der Waals surface area contributed by atoms with Gasteiger partial charge in [-0.1, -0.05) is 34.0 Å². The highest BCUT2D eigenvalue weighted by Gasteiger charge is 2.32. The molecule has 0 radical (unpaired) electrons. The first-order valence-corrected chi connectivity index (χ1v) is 10.1. The smallest absolute Gasteiger partial charge is 0.390 e. The van der Waals surface area contributed by atoms with E-state index in [0.717, 1.165) is 24.5 Å². The molecule has 2 aromatic rings. The lowest BCUT2D eigenvalue weighted by Gasteiger charge is -2.13. The number of rotatable bonds is 8. The summed E-state index contributed by atoms with van der Waals surface area (Å²) >= 11 is 5.81. The first kappa shape index (κ1) is 26.1. The molecule has 0 unspecified atom stereocenters. The van der Waals surface area contributed by atoms with Gasteiger partial charge in [-0.05, 0) is 23.8 Å². The topological polar surface area (TPSA) is 97.2 Å². The summed E-state index contributed by atoms with van der Waals surface area (Å²) in [6.45, 7) is -0.207. The number of oxime groups is 2. The van der Waals surface area contributed by atoms with Crippen molar-refractivity contribution in [2.75, 3.05) is 11.9 Å². The summed E-state index contributed by atoms with van der Waals surface area (Å²) in [6, 6.07) is 5.23. The van der Waals surface area contributed by atoms with Crippen LogP contribution in [0.25, 0.3) is 0 Å². The Bertz CT molecular complexity index is 1120. The third-order valence-corrected chi connectivity index (χ3v) is 4.76. The van der Waals surface area contributed by atoms with Gasteiger partial charge in [0.1, 0.15) is 24.5 Å². The van der Waals surface area contributed by atoms with E-state index in [1.165, 1.54) is 12.1 Å². The number of anilines is 1. The lowest BCUT2D eigenvalue weighted by molar-refractivity contribution is -0.138. The number of hydrogen-bond acceptors (Lipinski definition) is 7. The second kappa shape index (κ2) is 10.8. The third-order valence-electron chi connectivity index (χ3n) is 4.47. The van der Waals surface area contributed by atoms with Crippen molar-refractivity contribution in [2.24, 2.45) is 10.3 Å². The van der Waals surface area contributed by atoms with E-state index >= 15 is 0 Å². The van der Waals surface area contributed by atoms with Crippen LogP contribution >= 0.6 is 11.6 Å². The average Bonchev–Trinajstić information content (AvgIpc) is 3.26. The Labute approximate surface area is 198 Å². The maximum Gasteiger partial charge on any atom is 0.417 e. The largest absolute Gasteiger partial charge is 0.417 e. The SMILES string of the molecule is O=C(NC=NOCc1cccc(C(F)(F)F)c1)C1=NO[C@@H](CNc2ncc(C(F)(F)F)cc2Cl)C1. The van der Waals surface area contributed by atoms with E-state index in [2.05, 4.69) is 25.9 Å². The van der Waals surface area contributed by atoms with Gasteiger partial charge in [-0.2, -0.15) is 26.3 Å². The van der Waals surface area contributed by atoms with Crippen LogP contribution in [0, 0.1) is 0 Å². The summed E-state index contributed by atoms with van der Waals surface area (Å²) in [6.07, 6.45) is -8.08. The predicted molar refractivity (Wildman–Crippen MR) is 113 cm³/mol. The van der Waals surface area contributed by atoms with Crippen molar-refractivity contribution in [1.29, 1.82) is 0 Å². The molecule has 0 bridgehead atoms. The molecule has 0 spiro atoms. The monoisotopic (exact) mass is 523 g/mol. The minimum Gasteiger partial charge on any atom is -0.390 e. The van der Waals surface area contributed by atoms with Crippen LogP contribution in [0.1, 0.15) is 23.1 Å². The van der Waals surface area contributed by atoms with Crippen molar-refractivity contribution >= 4 is 35.4 Å². The van der Waals surface area contributed by atoms with Crippen molar-refractivity contribution in [1.82, 2.24) is 10.3 Å². The Hall–Kier alpha value is -3.55. The minimum atomic E-state index is -4.58. The number of hydrogen-bond donors (Lipinski definition) is 2. The van der Waals surface area contributed by atoms with Gasteiger partial charge < -0.3 is 20.3 Å². The number of amides is 1. The zero-order valence-corrected chi connectivity index (χ0v) is 18.2. The van der Waals surface area contributed by atoms with Crippen LogP contribution < -0.4 is 10.6 Å². The molecule has 8 nitrogen and oxygen atoms in total. The van der Waals surface area contributed by atoms with Gasteiger partial charge in [0.05, 0.1) is 22.7 Å². The van der Waals surface area contributed by atoms with Crippen LogP contribution in [0.4, 0.5) is 32.2 Å². The molecular weight excluding hydrogens is 508 g/mol. The van der Waals surface area contributed by atoms with Gasteiger partial charge in [0.15, 0.2) is 6.10 Å². The molecule has 0 saturated carbocycles. The average molecular weight is 524 g/mol. The second-order valence-electron chi connectivity index (χ2n) is 7.08. The first-order valence-electron chi connectivity index (χ1n) is 9.73. The van der Waals surface area contributed by atoms with E-state index < -0.39 is 35.5 Å². The molecule has 0 fully saturated rings. The van der Waals surface area contributed by atoms with Gasteiger partial charge in [0.2, 0.25) is 0 Å². The van der Waals surface area contributed by atoms with E-state index in [4.69, 9.17) is 21.3 Å². The van der Waals surface area contributed by atoms with Crippen molar-refractivity contribution in [2.45, 2.75) is 31.5 Å². The second-order valence-corrected chi connectivity index (χ2v) is 7.49. The molecule has 1 amide bonds. The van der Waals surface area contributed by atoms with Crippen LogP contribution in [0.5, 0.6) is 0 Å². The van der Waals surface area contributed by atoms with Crippen LogP contribution in [-0.2, 0) is 33.4 Å². The molecule has 188 valence electrons. The number of alkyl halides is 6. The van der Waals surface area contributed by atoms with Gasteiger partial charge in [0, 0.05) is 12.6 Å². The van der Waals surface area contributed by atoms with Crippen LogP contribution in [0.2, 0.25) is 5.02 Å². The Kier molecular flexibility index (Phi) is 8.04. The first-order chi connectivity index (χ1) is 16.4. The van der Waals surface area contributed by atoms with Crippen LogP contribution in [0.3, 0.4) is 0 Å². The summed E-state index contributed by atoms with van der Waals surface area (Å²) in [5.74, 6) is -0.657. The van der Waals surface area contributed by atoms with Gasteiger partial charge in [-0.25, -0.2) is 4.98 Å². The van der Waals surface area contributed by atoms with E-state index in [9.17, 15) is 31.1 Å². The molecule has 0 saturated heterocycles. The van der Waals surface area contributed by atoms with E-state index in [0.29, 0.717) is 6.20 Å². The Balaban J connectivity index is 1.40. The lowest BCUT2D eigenvalue weighted by atomic mass is 10.1. The molecule has 15 heteroatoms. The molecule has 2 heterocycles. The number of halogens is 7. The fourth-order valence-electron chi connectivity index (χ4n) is 2.76. The quantitative estimate of drug-likeness (QED) is 0.228. The molecule has 1 aliphatic heterocycles. The van der Waals surface area contributed by atoms with Crippen molar-refractivity contribution in [3.63, 3.8) is 0 Å². The van der Waals surface area contributed by atoms with Crippen LogP contribution in [-0.4, -0.2) is 35.6 Å². The fraction of sp³-hybridized carbons (Fsp3) is 0.300. The van der Waals surface area contributed by atoms with E-state index in [1.54, 1.807) is 0 Å². The van der Waals surface area contributed by atoms with E-state index in [-0.39, 0.29) is 41.7 Å².